The van der Waals surface area contributed by atoms with E-state index in [2.05, 4.69) is 32.5 Å². The van der Waals surface area contributed by atoms with E-state index in [-0.39, 0.29) is 22.2 Å². The highest BCUT2D eigenvalue weighted by molar-refractivity contribution is 6.30. The van der Waals surface area contributed by atoms with E-state index in [1.165, 1.54) is 24.3 Å². The molecule has 5 rings (SSSR count). The normalized spacial score (nSPS) is 14.4. The summed E-state index contributed by atoms with van der Waals surface area (Å²) >= 11 is 6.06. The van der Waals surface area contributed by atoms with Gasteiger partial charge in [0.15, 0.2) is 0 Å². The van der Waals surface area contributed by atoms with Gasteiger partial charge in [0, 0.05) is 67.7 Å². The summed E-state index contributed by atoms with van der Waals surface area (Å²) in [6.45, 7) is 7.83. The predicted octanol–water partition coefficient (Wildman–Crippen LogP) is 5.71. The van der Waals surface area contributed by atoms with Gasteiger partial charge in [0.2, 0.25) is 0 Å². The lowest BCUT2D eigenvalue weighted by Crippen LogP contribution is -2.44. The highest BCUT2D eigenvalue weighted by atomic mass is 35.5. The molecule has 0 saturated carbocycles. The van der Waals surface area contributed by atoms with Crippen LogP contribution in [-0.4, -0.2) is 58.6 Å². The summed E-state index contributed by atoms with van der Waals surface area (Å²) in [6, 6.07) is 9.71. The number of piperazine rings is 1. The Morgan fingerprint density at radius 1 is 1.00 bits per heavy atom. The molecule has 2 aromatic heterocycles. The van der Waals surface area contributed by atoms with Gasteiger partial charge in [-0.05, 0) is 74.5 Å². The average Bonchev–Trinajstić information content (AvgIpc) is 2.93. The maximum absolute atomic E-state index is 15.0. The van der Waals surface area contributed by atoms with Crippen LogP contribution in [-0.2, 0) is 13.1 Å². The number of nitrogens with one attached hydrogen (secondary N) is 2. The van der Waals surface area contributed by atoms with Crippen molar-refractivity contribution in [3.05, 3.63) is 86.9 Å². The van der Waals surface area contributed by atoms with Gasteiger partial charge in [0.25, 0.3) is 5.56 Å². The van der Waals surface area contributed by atoms with Crippen LogP contribution in [0.4, 0.5) is 25.0 Å². The zero-order valence-corrected chi connectivity index (χ0v) is 23.9. The molecule has 0 bridgehead atoms. The summed E-state index contributed by atoms with van der Waals surface area (Å²) < 4.78 is 31.1. The van der Waals surface area contributed by atoms with Gasteiger partial charge < -0.3 is 20.1 Å². The van der Waals surface area contributed by atoms with E-state index >= 15 is 0 Å². The van der Waals surface area contributed by atoms with Gasteiger partial charge in [-0.3, -0.25) is 9.69 Å². The molecule has 0 unspecified atom stereocenters. The highest BCUT2D eigenvalue weighted by Gasteiger charge is 2.19. The molecule has 1 aliphatic rings. The van der Waals surface area contributed by atoms with Crippen molar-refractivity contribution in [1.82, 2.24) is 19.4 Å². The molecule has 214 valence electrons. The molecular formula is C30H31ClF2N6O2. The van der Waals surface area contributed by atoms with Gasteiger partial charge in [0.1, 0.15) is 16.8 Å². The maximum Gasteiger partial charge on any atom is 0.323 e. The molecule has 0 spiro atoms. The van der Waals surface area contributed by atoms with Crippen molar-refractivity contribution in [2.24, 2.45) is 0 Å². The Morgan fingerprint density at radius 2 is 1.76 bits per heavy atom. The second-order valence-corrected chi connectivity index (χ2v) is 10.7. The van der Waals surface area contributed by atoms with E-state index < -0.39 is 11.8 Å². The van der Waals surface area contributed by atoms with Gasteiger partial charge >= 0.3 is 6.03 Å². The van der Waals surface area contributed by atoms with E-state index in [1.807, 2.05) is 6.92 Å². The zero-order valence-electron chi connectivity index (χ0n) is 23.1. The largest absolute Gasteiger partial charge is 0.323 e. The summed E-state index contributed by atoms with van der Waals surface area (Å²) in [6.07, 6.45) is 1.58. The Hall–Kier alpha value is -3.86. The van der Waals surface area contributed by atoms with Gasteiger partial charge in [0.05, 0.1) is 11.2 Å². The molecule has 2 amide bonds. The topological polar surface area (TPSA) is 82.5 Å². The monoisotopic (exact) mass is 580 g/mol. The van der Waals surface area contributed by atoms with Crippen LogP contribution in [0, 0.1) is 18.6 Å². The second kappa shape index (κ2) is 11.9. The van der Waals surface area contributed by atoms with E-state index in [1.54, 1.807) is 35.9 Å². The number of carbonyl (C=O) groups excluding carboxylic acids is 1. The molecule has 2 N–H and O–H groups in total. The van der Waals surface area contributed by atoms with Crippen LogP contribution in [0.25, 0.3) is 22.0 Å². The number of fused-ring (bicyclic) bond motifs is 1. The van der Waals surface area contributed by atoms with E-state index in [0.29, 0.717) is 51.9 Å². The molecule has 0 atom stereocenters. The number of hydrogen-bond donors (Lipinski definition) is 2. The van der Waals surface area contributed by atoms with Crippen LogP contribution in [0.2, 0.25) is 5.15 Å². The first-order chi connectivity index (χ1) is 19.6. The molecule has 2 aromatic carbocycles. The molecule has 1 aliphatic heterocycles. The third-order valence-electron chi connectivity index (χ3n) is 7.41. The lowest BCUT2D eigenvalue weighted by molar-refractivity contribution is 0.147. The number of urea groups is 1. The van der Waals surface area contributed by atoms with Crippen molar-refractivity contribution in [2.45, 2.75) is 26.9 Å². The number of aromatic nitrogens is 2. The fourth-order valence-electron chi connectivity index (χ4n) is 5.12. The first-order valence-corrected chi connectivity index (χ1v) is 13.8. The van der Waals surface area contributed by atoms with Crippen molar-refractivity contribution in [3.63, 3.8) is 0 Å². The smallest absolute Gasteiger partial charge is 0.308 e. The van der Waals surface area contributed by atoms with Crippen molar-refractivity contribution in [2.75, 3.05) is 43.9 Å². The van der Waals surface area contributed by atoms with E-state index in [9.17, 15) is 18.4 Å². The molecule has 4 aromatic rings. The van der Waals surface area contributed by atoms with E-state index in [4.69, 9.17) is 11.6 Å². The van der Waals surface area contributed by atoms with E-state index in [0.717, 1.165) is 26.2 Å². The number of carbonyl (C=O) groups is 1. The number of amides is 2. The number of benzene rings is 2. The third-order valence-corrected chi connectivity index (χ3v) is 7.61. The Balaban J connectivity index is 1.39. The molecule has 41 heavy (non-hydrogen) atoms. The first kappa shape index (κ1) is 28.7. The molecule has 8 nitrogen and oxygen atoms in total. The van der Waals surface area contributed by atoms with Crippen molar-refractivity contribution in [3.8, 4) is 11.1 Å². The fourth-order valence-corrected chi connectivity index (χ4v) is 5.27. The Kier molecular flexibility index (Phi) is 8.35. The third kappa shape index (κ3) is 6.24. The standard InChI is InChI=1S/C30H31ClF2N6O2/c1-4-39-27-15-28(31)34-16-19(27)13-23(29(39)40)22-14-26(25(33)11-18(22)2)36-30(41)35-21-5-6-24(32)20(12-21)17-38-9-7-37(3)8-10-38/h5-6,11-16H,4,7-10,17H2,1-3H3,(H2,35,36,41). The number of halogens is 3. The molecule has 0 radical (unpaired) electrons. The van der Waals surface area contributed by atoms with Crippen molar-refractivity contribution in [1.29, 1.82) is 0 Å². The zero-order chi connectivity index (χ0) is 29.3. The number of pyridine rings is 2. The quantitative estimate of drug-likeness (QED) is 0.285. The number of hydrogen-bond acceptors (Lipinski definition) is 5. The van der Waals surface area contributed by atoms with Gasteiger partial charge in [-0.15, -0.1) is 0 Å². The number of likely N-dealkylation sites (N-methyl/N-ethyl adjacent to an activating group) is 1. The predicted molar refractivity (Wildman–Crippen MR) is 159 cm³/mol. The number of rotatable bonds is 6. The number of nitrogens with zero attached hydrogens (tertiary/aromatic N) is 4. The summed E-state index contributed by atoms with van der Waals surface area (Å²) in [5, 5.41) is 6.17. The Bertz CT molecular complexity index is 1680. The Morgan fingerprint density at radius 3 is 2.49 bits per heavy atom. The first-order valence-electron chi connectivity index (χ1n) is 13.4. The SMILES string of the molecule is CCn1c(=O)c(-c2cc(NC(=O)Nc3ccc(F)c(CN4CCN(C)CC4)c3)c(F)cc2C)cc2cnc(Cl)cc21. The van der Waals surface area contributed by atoms with Crippen molar-refractivity contribution < 1.29 is 13.6 Å². The molecule has 1 fully saturated rings. The highest BCUT2D eigenvalue weighted by Crippen LogP contribution is 2.30. The van der Waals surface area contributed by atoms with Crippen molar-refractivity contribution >= 4 is 39.9 Å². The summed E-state index contributed by atoms with van der Waals surface area (Å²) in [5.41, 5.74) is 2.47. The van der Waals surface area contributed by atoms with Crippen LogP contribution >= 0.6 is 11.6 Å². The summed E-state index contributed by atoms with van der Waals surface area (Å²) in [5.74, 6) is -1.00. The van der Waals surface area contributed by atoms with Gasteiger partial charge in [-0.25, -0.2) is 18.6 Å². The minimum atomic E-state index is -0.695. The molecule has 3 heterocycles. The van der Waals surface area contributed by atoms with Gasteiger partial charge in [-0.1, -0.05) is 11.6 Å². The molecule has 1 saturated heterocycles. The number of aryl methyl sites for hydroxylation is 2. The minimum absolute atomic E-state index is 0.0975. The summed E-state index contributed by atoms with van der Waals surface area (Å²) in [4.78, 5) is 34.8. The second-order valence-electron chi connectivity index (χ2n) is 10.3. The fraction of sp³-hybridized carbons (Fsp3) is 0.300. The number of anilines is 2. The molecule has 0 aliphatic carbocycles. The van der Waals surface area contributed by atoms with Crippen LogP contribution in [0.1, 0.15) is 18.1 Å². The van der Waals surface area contributed by atoms with Crippen LogP contribution in [0.5, 0.6) is 0 Å². The van der Waals surface area contributed by atoms with Gasteiger partial charge in [-0.2, -0.15) is 0 Å². The maximum atomic E-state index is 15.0. The minimum Gasteiger partial charge on any atom is -0.308 e. The molecular weight excluding hydrogens is 550 g/mol. The Labute approximate surface area is 241 Å². The average molecular weight is 581 g/mol. The molecule has 11 heteroatoms. The lowest BCUT2D eigenvalue weighted by atomic mass is 9.99. The van der Waals surface area contributed by atoms with Crippen LogP contribution in [0.3, 0.4) is 0 Å². The summed E-state index contributed by atoms with van der Waals surface area (Å²) in [7, 11) is 2.05. The van der Waals surface area contributed by atoms with Crippen LogP contribution in [0.15, 0.2) is 53.5 Å². The lowest BCUT2D eigenvalue weighted by Gasteiger charge is -2.32. The van der Waals surface area contributed by atoms with Crippen LogP contribution < -0.4 is 16.2 Å².